The normalized spacial score (nSPS) is 22.8. The van der Waals surface area contributed by atoms with Crippen LogP contribution in [0.15, 0.2) is 24.3 Å². The number of carbonyl (C=O) groups is 1. The van der Waals surface area contributed by atoms with Gasteiger partial charge in [0, 0.05) is 6.54 Å². The molecule has 110 valence electrons. The summed E-state index contributed by atoms with van der Waals surface area (Å²) in [4.78, 5) is 11.9. The van der Waals surface area contributed by atoms with Gasteiger partial charge in [-0.1, -0.05) is 38.1 Å². The molecular formula is C17H26N2O. The fourth-order valence-corrected chi connectivity index (χ4v) is 2.87. The van der Waals surface area contributed by atoms with E-state index < -0.39 is 0 Å². The van der Waals surface area contributed by atoms with E-state index in [0.717, 1.165) is 19.4 Å². The maximum atomic E-state index is 11.9. The van der Waals surface area contributed by atoms with E-state index in [1.165, 1.54) is 11.1 Å². The molecule has 2 atom stereocenters. The van der Waals surface area contributed by atoms with Crippen molar-refractivity contribution in [3.8, 4) is 0 Å². The maximum absolute atomic E-state index is 11.9. The molecule has 0 radical (unpaired) electrons. The first-order valence-corrected chi connectivity index (χ1v) is 7.72. The molecule has 1 saturated heterocycles. The molecule has 1 aromatic carbocycles. The van der Waals surface area contributed by atoms with Gasteiger partial charge in [-0.3, -0.25) is 4.79 Å². The lowest BCUT2D eigenvalue weighted by Gasteiger charge is -2.30. The van der Waals surface area contributed by atoms with E-state index >= 15 is 0 Å². The number of piperidine rings is 1. The van der Waals surface area contributed by atoms with Crippen LogP contribution in [-0.2, 0) is 4.79 Å². The molecule has 0 aromatic heterocycles. The molecule has 3 nitrogen and oxygen atoms in total. The predicted molar refractivity (Wildman–Crippen MR) is 83.0 cm³/mol. The SMILES string of the molecule is CCNC(=O)C1CC(c2ccc(C(C)C)cc2)CCN1. The van der Waals surface area contributed by atoms with Gasteiger partial charge in [0.1, 0.15) is 0 Å². The summed E-state index contributed by atoms with van der Waals surface area (Å²) in [5, 5.41) is 6.23. The van der Waals surface area contributed by atoms with E-state index in [4.69, 9.17) is 0 Å². The average molecular weight is 274 g/mol. The van der Waals surface area contributed by atoms with Gasteiger partial charge in [-0.15, -0.1) is 0 Å². The molecule has 1 aliphatic rings. The Hall–Kier alpha value is -1.35. The Balaban J connectivity index is 2.03. The van der Waals surface area contributed by atoms with Crippen LogP contribution in [0.2, 0.25) is 0 Å². The Morgan fingerprint density at radius 3 is 2.65 bits per heavy atom. The van der Waals surface area contributed by atoms with Crippen LogP contribution in [0.5, 0.6) is 0 Å². The third kappa shape index (κ3) is 3.60. The number of carbonyl (C=O) groups excluding carboxylic acids is 1. The van der Waals surface area contributed by atoms with Crippen LogP contribution >= 0.6 is 0 Å². The summed E-state index contributed by atoms with van der Waals surface area (Å²) in [6.07, 6.45) is 2.00. The molecule has 2 unspecified atom stereocenters. The van der Waals surface area contributed by atoms with Crippen molar-refractivity contribution < 1.29 is 4.79 Å². The second-order valence-corrected chi connectivity index (χ2v) is 5.94. The molecule has 0 bridgehead atoms. The van der Waals surface area contributed by atoms with Crippen molar-refractivity contribution in [2.75, 3.05) is 13.1 Å². The van der Waals surface area contributed by atoms with Gasteiger partial charge in [0.25, 0.3) is 0 Å². The Labute approximate surface area is 122 Å². The van der Waals surface area contributed by atoms with E-state index in [1.54, 1.807) is 0 Å². The zero-order valence-electron chi connectivity index (χ0n) is 12.8. The van der Waals surface area contributed by atoms with Crippen LogP contribution in [0.4, 0.5) is 0 Å². The molecule has 1 amide bonds. The molecule has 1 heterocycles. The fourth-order valence-electron chi connectivity index (χ4n) is 2.87. The minimum Gasteiger partial charge on any atom is -0.355 e. The van der Waals surface area contributed by atoms with Gasteiger partial charge < -0.3 is 10.6 Å². The topological polar surface area (TPSA) is 41.1 Å². The number of benzene rings is 1. The zero-order chi connectivity index (χ0) is 14.5. The molecule has 0 spiro atoms. The molecular weight excluding hydrogens is 248 g/mol. The lowest BCUT2D eigenvalue weighted by atomic mass is 9.85. The summed E-state index contributed by atoms with van der Waals surface area (Å²) in [5.41, 5.74) is 2.74. The highest BCUT2D eigenvalue weighted by molar-refractivity contribution is 5.81. The first-order chi connectivity index (χ1) is 9.61. The number of hydrogen-bond donors (Lipinski definition) is 2. The van der Waals surface area contributed by atoms with Crippen LogP contribution in [0, 0.1) is 0 Å². The number of rotatable bonds is 4. The van der Waals surface area contributed by atoms with Crippen molar-refractivity contribution in [3.05, 3.63) is 35.4 Å². The molecule has 1 aromatic rings. The van der Waals surface area contributed by atoms with Gasteiger partial charge in [-0.05, 0) is 49.3 Å². The van der Waals surface area contributed by atoms with Crippen molar-refractivity contribution in [1.29, 1.82) is 0 Å². The lowest BCUT2D eigenvalue weighted by Crippen LogP contribution is -2.48. The number of nitrogens with one attached hydrogen (secondary N) is 2. The van der Waals surface area contributed by atoms with Crippen molar-refractivity contribution in [2.24, 2.45) is 0 Å². The number of likely N-dealkylation sites (N-methyl/N-ethyl adjacent to an activating group) is 1. The standard InChI is InChI=1S/C17H26N2O/c1-4-18-17(20)16-11-15(9-10-19-16)14-7-5-13(6-8-14)12(2)3/h5-8,12,15-16,19H,4,9-11H2,1-3H3,(H,18,20). The molecule has 0 aliphatic carbocycles. The van der Waals surface area contributed by atoms with Crippen LogP contribution < -0.4 is 10.6 Å². The van der Waals surface area contributed by atoms with E-state index in [1.807, 2.05) is 6.92 Å². The third-order valence-electron chi connectivity index (χ3n) is 4.15. The second kappa shape index (κ2) is 6.89. The molecule has 20 heavy (non-hydrogen) atoms. The van der Waals surface area contributed by atoms with Crippen LogP contribution in [0.3, 0.4) is 0 Å². The van der Waals surface area contributed by atoms with Crippen molar-refractivity contribution in [2.45, 2.75) is 51.5 Å². The van der Waals surface area contributed by atoms with Gasteiger partial charge in [-0.25, -0.2) is 0 Å². The molecule has 1 aliphatic heterocycles. The van der Waals surface area contributed by atoms with Crippen molar-refractivity contribution in [3.63, 3.8) is 0 Å². The summed E-state index contributed by atoms with van der Waals surface area (Å²) in [5.74, 6) is 1.20. The van der Waals surface area contributed by atoms with E-state index in [2.05, 4.69) is 48.7 Å². The number of amides is 1. The highest BCUT2D eigenvalue weighted by atomic mass is 16.2. The third-order valence-corrected chi connectivity index (χ3v) is 4.15. The largest absolute Gasteiger partial charge is 0.355 e. The Kier molecular flexibility index (Phi) is 5.18. The average Bonchev–Trinajstić information content (AvgIpc) is 2.48. The molecule has 3 heteroatoms. The van der Waals surface area contributed by atoms with E-state index in [-0.39, 0.29) is 11.9 Å². The van der Waals surface area contributed by atoms with Crippen LogP contribution in [0.1, 0.15) is 56.6 Å². The highest BCUT2D eigenvalue weighted by Crippen LogP contribution is 2.29. The van der Waals surface area contributed by atoms with Gasteiger partial charge in [0.05, 0.1) is 6.04 Å². The highest BCUT2D eigenvalue weighted by Gasteiger charge is 2.27. The number of hydrogen-bond acceptors (Lipinski definition) is 2. The summed E-state index contributed by atoms with van der Waals surface area (Å²) in [6.45, 7) is 8.00. The van der Waals surface area contributed by atoms with Crippen molar-refractivity contribution >= 4 is 5.91 Å². The van der Waals surface area contributed by atoms with Gasteiger partial charge in [-0.2, -0.15) is 0 Å². The maximum Gasteiger partial charge on any atom is 0.237 e. The second-order valence-electron chi connectivity index (χ2n) is 5.94. The molecule has 0 saturated carbocycles. The van der Waals surface area contributed by atoms with Crippen LogP contribution in [0.25, 0.3) is 0 Å². The first kappa shape index (κ1) is 15.0. The summed E-state index contributed by atoms with van der Waals surface area (Å²) in [7, 11) is 0. The van der Waals surface area contributed by atoms with Gasteiger partial charge in [0.2, 0.25) is 5.91 Å². The smallest absolute Gasteiger partial charge is 0.237 e. The molecule has 1 fully saturated rings. The lowest BCUT2D eigenvalue weighted by molar-refractivity contribution is -0.123. The summed E-state index contributed by atoms with van der Waals surface area (Å²) >= 11 is 0. The quantitative estimate of drug-likeness (QED) is 0.886. The van der Waals surface area contributed by atoms with E-state index in [0.29, 0.717) is 18.4 Å². The van der Waals surface area contributed by atoms with E-state index in [9.17, 15) is 4.79 Å². The minimum absolute atomic E-state index is 0.0431. The fraction of sp³-hybridized carbons (Fsp3) is 0.588. The first-order valence-electron chi connectivity index (χ1n) is 7.72. The van der Waals surface area contributed by atoms with Gasteiger partial charge >= 0.3 is 0 Å². The van der Waals surface area contributed by atoms with Gasteiger partial charge in [0.15, 0.2) is 0 Å². The Morgan fingerprint density at radius 1 is 1.35 bits per heavy atom. The zero-order valence-corrected chi connectivity index (χ0v) is 12.8. The predicted octanol–water partition coefficient (Wildman–Crippen LogP) is 2.78. The van der Waals surface area contributed by atoms with Crippen molar-refractivity contribution in [1.82, 2.24) is 10.6 Å². The monoisotopic (exact) mass is 274 g/mol. The summed E-state index contributed by atoms with van der Waals surface area (Å²) < 4.78 is 0. The Morgan fingerprint density at radius 2 is 2.05 bits per heavy atom. The summed E-state index contributed by atoms with van der Waals surface area (Å²) in [6, 6.07) is 8.88. The Bertz CT molecular complexity index is 439. The molecule has 2 rings (SSSR count). The van der Waals surface area contributed by atoms with Crippen LogP contribution in [-0.4, -0.2) is 25.0 Å². The molecule has 2 N–H and O–H groups in total. The minimum atomic E-state index is -0.0431.